The largest absolute Gasteiger partial charge is 0.309 e. The van der Waals surface area contributed by atoms with Crippen LogP contribution in [0, 0.1) is 0 Å². The molecule has 22 aromatic rings. The van der Waals surface area contributed by atoms with Crippen molar-refractivity contribution in [1.82, 2.24) is 48.2 Å². The molecule has 0 saturated heterocycles. The molecule has 8 heterocycles. The highest BCUT2D eigenvalue weighted by atomic mass is 31.2. The van der Waals surface area contributed by atoms with Gasteiger partial charge in [-0.15, -0.1) is 0 Å². The van der Waals surface area contributed by atoms with Gasteiger partial charge in [0.2, 0.25) is 0 Å². The molecule has 130 heavy (non-hydrogen) atoms. The Balaban J connectivity index is 0.000000111. The lowest BCUT2D eigenvalue weighted by Crippen LogP contribution is -2.33. The summed E-state index contributed by atoms with van der Waals surface area (Å²) in [5.41, 5.74) is 23.3. The van der Waals surface area contributed by atoms with Crippen LogP contribution in [-0.2, 0) is 33.0 Å². The smallest absolute Gasteiger partial charge is 0.175 e. The molecule has 3 aliphatic rings. The topological polar surface area (TPSA) is 148 Å². The SMILES string of the molecule is CCc1nc2cccc3c2n1-c1ccc(-c2cc(-c4ccccc4)cc(-c4ccccc4)c2)cc1P3(=O)c1ccccc1.CCc1nc2cccc3c2n1-c1ccc(-c2ccc(-n4c5ccccc5c5ccccc54)cc2)cc1P3(=O)c1ccccc1.CCc1nc2cccc3c2n1-c1ccc(-c2nc(-c4ccccc4)nc(-c4ccccc4)n2)cc1P3(=O)c1ccccc1. The summed E-state index contributed by atoms with van der Waals surface area (Å²) in [4.78, 5) is 29.6. The lowest BCUT2D eigenvalue weighted by molar-refractivity contribution is 0.591. The summed E-state index contributed by atoms with van der Waals surface area (Å²) in [6.45, 7) is 6.36. The summed E-state index contributed by atoms with van der Waals surface area (Å²) in [7, 11) is -9.67. The van der Waals surface area contributed by atoms with Crippen LogP contribution in [0.1, 0.15) is 38.2 Å². The van der Waals surface area contributed by atoms with Crippen molar-refractivity contribution in [3.8, 4) is 101 Å². The standard InChI is InChI=1S/C39H28N3OP.C39H29N2OP.C36H26N5OP/c1-2-38-40-32-15-10-18-36-39(32)42(38)35-24-21-27(25-37(35)44(36,43)29-11-4-3-5-12-29)26-19-22-28(23-20-26)41-33-16-8-6-13-30(33)31-14-7-9-17-34(31)41;1-2-38-40-34-19-12-20-36-39(34)41(38)35-22-21-29(26-37(35)43(36,42)33-17-10-5-11-18-33)32-24-30(27-13-6-3-7-14-27)23-31(25-32)28-15-8-4-9-16-28;1-2-32-37-28-19-12-20-30-33(28)41(32)29-22-21-26(23-31(29)43(30,42)27-17-10-5-11-18-27)36-39-34(24-13-6-3-7-14-24)38-35(40-36)25-15-8-4-9-16-25/h3-25H,2H2,1H3;3-26H,2H2,1H3;3-23H,2H2,1H3. The van der Waals surface area contributed by atoms with Gasteiger partial charge in [-0.05, 0) is 166 Å². The monoisotopic (exact) mass is 1730 g/mol. The summed E-state index contributed by atoms with van der Waals surface area (Å²) in [6.07, 6.45) is 2.32. The second kappa shape index (κ2) is 32.2. The fourth-order valence-corrected chi connectivity index (χ4v) is 28.7. The molecule has 0 spiro atoms. The van der Waals surface area contributed by atoms with Gasteiger partial charge in [-0.25, -0.2) is 29.9 Å². The van der Waals surface area contributed by atoms with Gasteiger partial charge >= 0.3 is 0 Å². The van der Waals surface area contributed by atoms with Crippen LogP contribution in [0.15, 0.2) is 413 Å². The number of hydrogen-bond donors (Lipinski definition) is 0. The van der Waals surface area contributed by atoms with E-state index in [-0.39, 0.29) is 0 Å². The normalized spacial score (nSPS) is 15.5. The maximum atomic E-state index is 15.7. The average molecular weight is 1730 g/mol. The van der Waals surface area contributed by atoms with Crippen LogP contribution in [0.5, 0.6) is 0 Å². The summed E-state index contributed by atoms with van der Waals surface area (Å²) < 4.78 is 55.9. The first-order valence-electron chi connectivity index (χ1n) is 44.1. The fourth-order valence-electron chi connectivity index (χ4n) is 19.6. The minimum absolute atomic E-state index is 0.528. The number of benzene rings is 17. The minimum atomic E-state index is -3.28. The lowest BCUT2D eigenvalue weighted by Gasteiger charge is -2.29. The summed E-state index contributed by atoms with van der Waals surface area (Å²) >= 11 is 0. The first kappa shape index (κ1) is 79.3. The van der Waals surface area contributed by atoms with E-state index in [0.717, 1.165) is 202 Å². The van der Waals surface area contributed by atoms with Gasteiger partial charge in [0.15, 0.2) is 38.9 Å². The zero-order chi connectivity index (χ0) is 87.4. The van der Waals surface area contributed by atoms with Crippen LogP contribution in [0.25, 0.3) is 156 Å². The van der Waals surface area contributed by atoms with Crippen molar-refractivity contribution in [1.29, 1.82) is 0 Å². The third-order valence-corrected chi connectivity index (χ3v) is 34.9. The van der Waals surface area contributed by atoms with Crippen molar-refractivity contribution < 1.29 is 13.7 Å². The number of fused-ring (bicyclic) bond motifs is 9. The molecular formula is C114H83N10O3P3. The Morgan fingerprint density at radius 2 is 0.492 bits per heavy atom. The molecule has 0 aliphatic carbocycles. The Morgan fingerprint density at radius 3 is 0.846 bits per heavy atom. The highest BCUT2D eigenvalue weighted by molar-refractivity contribution is 7.87. The second-order valence-electron chi connectivity index (χ2n) is 33.0. The van der Waals surface area contributed by atoms with Crippen molar-refractivity contribution >= 4 is 124 Å². The molecule has 13 nitrogen and oxygen atoms in total. The zero-order valence-electron chi connectivity index (χ0n) is 71.4. The Bertz CT molecular complexity index is 7900. The predicted molar refractivity (Wildman–Crippen MR) is 536 cm³/mol. The van der Waals surface area contributed by atoms with E-state index >= 15 is 13.7 Å². The molecule has 0 N–H and O–H groups in total. The lowest BCUT2D eigenvalue weighted by atomic mass is 9.93. The number of para-hydroxylation sites is 5. The van der Waals surface area contributed by atoms with E-state index in [0.29, 0.717) is 17.5 Å². The quantitative estimate of drug-likeness (QED) is 0.0970. The Morgan fingerprint density at radius 1 is 0.215 bits per heavy atom. The number of aryl methyl sites for hydroxylation is 3. The van der Waals surface area contributed by atoms with Gasteiger partial charge < -0.3 is 18.3 Å². The van der Waals surface area contributed by atoms with Crippen molar-refractivity contribution in [3.63, 3.8) is 0 Å². The van der Waals surface area contributed by atoms with Gasteiger partial charge in [0.25, 0.3) is 0 Å². The van der Waals surface area contributed by atoms with E-state index in [1.807, 2.05) is 237 Å². The summed E-state index contributed by atoms with van der Waals surface area (Å²) in [6, 6.07) is 140. The number of nitrogens with zero attached hydrogens (tertiary/aromatic N) is 10. The number of rotatable bonds is 14. The highest BCUT2D eigenvalue weighted by Gasteiger charge is 2.44. The molecule has 0 amide bonds. The second-order valence-corrected chi connectivity index (χ2v) is 41.1. The molecule has 17 aromatic carbocycles. The van der Waals surface area contributed by atoms with Crippen LogP contribution >= 0.6 is 21.4 Å². The van der Waals surface area contributed by atoms with Crippen LogP contribution in [-0.4, -0.2) is 48.2 Å². The molecule has 3 atom stereocenters. The van der Waals surface area contributed by atoms with Gasteiger partial charge in [-0.3, -0.25) is 13.7 Å². The Hall–Kier alpha value is -15.4. The molecule has 3 aliphatic heterocycles. The number of aromatic nitrogens is 10. The van der Waals surface area contributed by atoms with E-state index in [1.165, 1.54) is 21.8 Å². The molecule has 0 radical (unpaired) electrons. The maximum absolute atomic E-state index is 15.7. The third kappa shape index (κ3) is 12.9. The summed E-state index contributed by atoms with van der Waals surface area (Å²) in [5, 5.41) is 9.97. The summed E-state index contributed by atoms with van der Waals surface area (Å²) in [5.74, 6) is 4.60. The Kier molecular flexibility index (Phi) is 19.6. The molecule has 3 unspecified atom stereocenters. The molecule has 16 heteroatoms. The Labute approximate surface area is 752 Å². The van der Waals surface area contributed by atoms with Crippen LogP contribution in [0.2, 0.25) is 0 Å². The molecule has 622 valence electrons. The third-order valence-electron chi connectivity index (χ3n) is 25.6. The van der Waals surface area contributed by atoms with E-state index in [4.69, 9.17) is 29.9 Å². The maximum Gasteiger partial charge on any atom is 0.175 e. The predicted octanol–water partition coefficient (Wildman–Crippen LogP) is 23.6. The molecular weight excluding hydrogens is 1650 g/mol. The fraction of sp³-hybridized carbons (Fsp3) is 0.0526. The van der Waals surface area contributed by atoms with Crippen LogP contribution in [0.3, 0.4) is 0 Å². The first-order valence-corrected chi connectivity index (χ1v) is 49.3. The average Bonchev–Trinajstić information content (AvgIpc) is 1.50. The molecule has 0 bridgehead atoms. The number of imidazole rings is 3. The number of hydrogen-bond acceptors (Lipinski definition) is 9. The van der Waals surface area contributed by atoms with Gasteiger partial charge in [-0.2, -0.15) is 0 Å². The van der Waals surface area contributed by atoms with Crippen molar-refractivity contribution in [3.05, 3.63) is 430 Å². The van der Waals surface area contributed by atoms with Crippen LogP contribution in [0.4, 0.5) is 0 Å². The van der Waals surface area contributed by atoms with E-state index in [9.17, 15) is 0 Å². The van der Waals surface area contributed by atoms with Crippen molar-refractivity contribution in [2.45, 2.75) is 40.0 Å². The van der Waals surface area contributed by atoms with Crippen molar-refractivity contribution in [2.75, 3.05) is 0 Å². The highest BCUT2D eigenvalue weighted by Crippen LogP contribution is 2.54. The van der Waals surface area contributed by atoms with E-state index in [2.05, 4.69) is 215 Å². The minimum Gasteiger partial charge on any atom is -0.309 e. The molecule has 0 fully saturated rings. The molecule has 25 rings (SSSR count). The van der Waals surface area contributed by atoms with Crippen LogP contribution < -0.4 is 47.7 Å². The molecule has 0 saturated carbocycles. The van der Waals surface area contributed by atoms with Gasteiger partial charge in [0.1, 0.15) is 17.5 Å². The first-order chi connectivity index (χ1) is 64.0. The zero-order valence-corrected chi connectivity index (χ0v) is 74.1. The van der Waals surface area contributed by atoms with Gasteiger partial charge in [-0.1, -0.05) is 312 Å². The van der Waals surface area contributed by atoms with E-state index in [1.54, 1.807) is 0 Å². The van der Waals surface area contributed by atoms with Crippen molar-refractivity contribution in [2.24, 2.45) is 0 Å². The molecule has 5 aromatic heterocycles. The van der Waals surface area contributed by atoms with Gasteiger partial charge in [0, 0.05) is 100 Å². The van der Waals surface area contributed by atoms with Gasteiger partial charge in [0.05, 0.1) is 61.2 Å². The van der Waals surface area contributed by atoms with E-state index < -0.39 is 21.4 Å².